The van der Waals surface area contributed by atoms with Crippen LogP contribution >= 0.6 is 0 Å². The number of hydrogen-bond acceptors (Lipinski definition) is 5. The minimum atomic E-state index is -5.03. The molecule has 0 spiro atoms. The highest BCUT2D eigenvalue weighted by molar-refractivity contribution is 5.43. The molecule has 1 aliphatic heterocycles. The fourth-order valence-electron chi connectivity index (χ4n) is 3.79. The number of halogens is 8. The Morgan fingerprint density at radius 1 is 0.778 bits per heavy atom. The van der Waals surface area contributed by atoms with Gasteiger partial charge in [-0.25, -0.2) is 0 Å². The van der Waals surface area contributed by atoms with E-state index in [1.165, 1.54) is 18.2 Å². The second-order valence-corrected chi connectivity index (χ2v) is 8.20. The molecule has 3 rings (SSSR count). The highest BCUT2D eigenvalue weighted by Gasteiger charge is 2.37. The number of aliphatic hydroxyl groups is 1. The van der Waals surface area contributed by atoms with Crippen LogP contribution in [0.1, 0.15) is 22.3 Å². The average Bonchev–Trinajstić information content (AvgIpc) is 2.79. The van der Waals surface area contributed by atoms with Gasteiger partial charge in [-0.2, -0.15) is 35.1 Å². The van der Waals surface area contributed by atoms with Crippen LogP contribution in [-0.2, 0) is 25.5 Å². The maximum absolute atomic E-state index is 13.1. The number of rotatable bonds is 9. The van der Waals surface area contributed by atoms with Gasteiger partial charge in [0.1, 0.15) is 6.61 Å². The Balaban J connectivity index is 1.79. The van der Waals surface area contributed by atoms with Crippen molar-refractivity contribution in [1.29, 1.82) is 0 Å². The Morgan fingerprint density at radius 3 is 1.89 bits per heavy atom. The molecule has 0 atom stereocenters. The molecule has 0 saturated carbocycles. The second kappa shape index (κ2) is 11.6. The summed E-state index contributed by atoms with van der Waals surface area (Å²) in [5, 5.41) is 9.04. The molecule has 0 bridgehead atoms. The van der Waals surface area contributed by atoms with Gasteiger partial charge >= 0.3 is 19.0 Å². The van der Waals surface area contributed by atoms with Crippen molar-refractivity contribution < 1.29 is 49.7 Å². The van der Waals surface area contributed by atoms with Gasteiger partial charge in [0, 0.05) is 39.3 Å². The Hall–Kier alpha value is -2.64. The topological polar surface area (TPSA) is 45.2 Å². The van der Waals surface area contributed by atoms with E-state index in [1.807, 2.05) is 0 Å². The van der Waals surface area contributed by atoms with Crippen molar-refractivity contribution in [1.82, 2.24) is 9.80 Å². The first-order chi connectivity index (χ1) is 16.8. The number of ether oxygens (including phenoxy) is 2. The van der Waals surface area contributed by atoms with Crippen molar-refractivity contribution in [3.05, 3.63) is 58.7 Å². The summed E-state index contributed by atoms with van der Waals surface area (Å²) in [6, 6.07) is 5.13. The molecule has 1 N–H and O–H groups in total. The van der Waals surface area contributed by atoms with Crippen LogP contribution in [0.15, 0.2) is 36.4 Å². The van der Waals surface area contributed by atoms with Crippen molar-refractivity contribution in [3.8, 4) is 11.5 Å². The molecule has 5 nitrogen and oxygen atoms in total. The van der Waals surface area contributed by atoms with Gasteiger partial charge < -0.3 is 14.6 Å². The molecule has 0 radical (unpaired) electrons. The lowest BCUT2D eigenvalue weighted by molar-refractivity contribution is -0.143. The molecule has 2 aromatic rings. The average molecular weight is 528 g/mol. The molecule has 36 heavy (non-hydrogen) atoms. The maximum Gasteiger partial charge on any atom is 0.416 e. The third-order valence-corrected chi connectivity index (χ3v) is 5.55. The highest BCUT2D eigenvalue weighted by Crippen LogP contribution is 2.37. The molecule has 0 amide bonds. The van der Waals surface area contributed by atoms with Crippen LogP contribution in [0, 0.1) is 0 Å². The molecule has 2 aromatic carbocycles. The number of aliphatic hydroxyl groups excluding tert-OH is 1. The molecule has 0 aliphatic carbocycles. The number of piperazine rings is 1. The van der Waals surface area contributed by atoms with E-state index in [-0.39, 0.29) is 18.4 Å². The minimum Gasteiger partial charge on any atom is -0.485 e. The van der Waals surface area contributed by atoms with Crippen LogP contribution < -0.4 is 9.47 Å². The lowest BCUT2D eigenvalue weighted by atomic mass is 10.1. The zero-order chi connectivity index (χ0) is 26.5. The Bertz CT molecular complexity index is 974. The van der Waals surface area contributed by atoms with Crippen LogP contribution in [0.3, 0.4) is 0 Å². The van der Waals surface area contributed by atoms with E-state index in [9.17, 15) is 35.1 Å². The van der Waals surface area contributed by atoms with Crippen LogP contribution in [-0.4, -0.2) is 60.8 Å². The lowest BCUT2D eigenvalue weighted by Crippen LogP contribution is -2.46. The number of nitrogens with zero attached hydrogens (tertiary/aromatic N) is 2. The molecule has 1 aliphatic rings. The number of benzene rings is 2. The standard InChI is InChI=1S/C23H24F8N2O3/c24-21(25)36-19-2-1-15(13-33-5-3-32(4-6-33)7-8-34)11-20(19)35-14-16-9-17(22(26,27)28)12-18(10-16)23(29,30)31/h1-2,9-12,21,34H,3-8,13-14H2. The van der Waals surface area contributed by atoms with Gasteiger partial charge in [0.25, 0.3) is 0 Å². The molecule has 1 saturated heterocycles. The van der Waals surface area contributed by atoms with Gasteiger partial charge in [0.2, 0.25) is 0 Å². The third kappa shape index (κ3) is 7.93. The molecule has 1 fully saturated rings. The van der Waals surface area contributed by atoms with E-state index < -0.39 is 48.0 Å². The molecular formula is C23H24F8N2O3. The summed E-state index contributed by atoms with van der Waals surface area (Å²) in [5.74, 6) is -0.637. The van der Waals surface area contributed by atoms with Crippen molar-refractivity contribution in [2.24, 2.45) is 0 Å². The monoisotopic (exact) mass is 528 g/mol. The smallest absolute Gasteiger partial charge is 0.416 e. The molecule has 0 unspecified atom stereocenters. The first-order valence-corrected chi connectivity index (χ1v) is 10.9. The van der Waals surface area contributed by atoms with Gasteiger partial charge in [0.15, 0.2) is 11.5 Å². The fourth-order valence-corrected chi connectivity index (χ4v) is 3.79. The molecule has 0 aromatic heterocycles. The normalized spacial score (nSPS) is 15.9. The van der Waals surface area contributed by atoms with E-state index >= 15 is 0 Å². The van der Waals surface area contributed by atoms with Crippen molar-refractivity contribution in [3.63, 3.8) is 0 Å². The van der Waals surface area contributed by atoms with Crippen LogP contribution in [0.5, 0.6) is 11.5 Å². The van der Waals surface area contributed by atoms with Crippen molar-refractivity contribution >= 4 is 0 Å². The van der Waals surface area contributed by atoms with E-state index in [0.29, 0.717) is 57.0 Å². The number of alkyl halides is 8. The van der Waals surface area contributed by atoms with Gasteiger partial charge in [0.05, 0.1) is 17.7 Å². The predicted octanol–water partition coefficient (Wildman–Crippen LogP) is 5.01. The number of hydrogen-bond donors (Lipinski definition) is 1. The largest absolute Gasteiger partial charge is 0.485 e. The summed E-state index contributed by atoms with van der Waals surface area (Å²) >= 11 is 0. The summed E-state index contributed by atoms with van der Waals surface area (Å²) in [6.07, 6.45) is -10.1. The lowest BCUT2D eigenvalue weighted by Gasteiger charge is -2.34. The Morgan fingerprint density at radius 2 is 1.36 bits per heavy atom. The summed E-state index contributed by atoms with van der Waals surface area (Å²) in [6.45, 7) is -0.175. The molecule has 200 valence electrons. The first-order valence-electron chi connectivity index (χ1n) is 10.9. The van der Waals surface area contributed by atoms with Crippen LogP contribution in [0.2, 0.25) is 0 Å². The fraction of sp³-hybridized carbons (Fsp3) is 0.478. The predicted molar refractivity (Wildman–Crippen MR) is 113 cm³/mol. The minimum absolute atomic E-state index is 0.00420. The Kier molecular flexibility index (Phi) is 9.01. The highest BCUT2D eigenvalue weighted by atomic mass is 19.4. The summed E-state index contributed by atoms with van der Waals surface area (Å²) in [5.41, 5.74) is -2.82. The van der Waals surface area contributed by atoms with Gasteiger partial charge in [-0.3, -0.25) is 9.80 Å². The van der Waals surface area contributed by atoms with Gasteiger partial charge in [-0.1, -0.05) is 6.07 Å². The van der Waals surface area contributed by atoms with Crippen LogP contribution in [0.25, 0.3) is 0 Å². The zero-order valence-corrected chi connectivity index (χ0v) is 18.9. The van der Waals surface area contributed by atoms with E-state index in [4.69, 9.17) is 9.84 Å². The summed E-state index contributed by atoms with van der Waals surface area (Å²) < 4.78 is 114. The second-order valence-electron chi connectivity index (χ2n) is 8.20. The van der Waals surface area contributed by atoms with Crippen molar-refractivity contribution in [2.75, 3.05) is 39.3 Å². The van der Waals surface area contributed by atoms with Crippen LogP contribution in [0.4, 0.5) is 35.1 Å². The Labute approximate surface area is 201 Å². The molecule has 1 heterocycles. The van der Waals surface area contributed by atoms with E-state index in [1.54, 1.807) is 0 Å². The number of β-amino-alcohol motifs (C(OH)–C–C–N with tert-alkyl or cyclic N) is 1. The zero-order valence-electron chi connectivity index (χ0n) is 18.9. The third-order valence-electron chi connectivity index (χ3n) is 5.55. The molecule has 13 heteroatoms. The maximum atomic E-state index is 13.1. The van der Waals surface area contributed by atoms with Gasteiger partial charge in [-0.05, 0) is 41.5 Å². The van der Waals surface area contributed by atoms with Gasteiger partial charge in [-0.15, -0.1) is 0 Å². The quantitative estimate of drug-likeness (QED) is 0.464. The van der Waals surface area contributed by atoms with E-state index in [0.717, 1.165) is 0 Å². The summed E-state index contributed by atoms with van der Waals surface area (Å²) in [4.78, 5) is 4.15. The van der Waals surface area contributed by atoms with Crippen molar-refractivity contribution in [2.45, 2.75) is 32.1 Å². The molecular weight excluding hydrogens is 504 g/mol. The SMILES string of the molecule is OCCN1CCN(Cc2ccc(OC(F)F)c(OCc3cc(C(F)(F)F)cc(C(F)(F)F)c3)c2)CC1. The summed E-state index contributed by atoms with van der Waals surface area (Å²) in [7, 11) is 0. The van der Waals surface area contributed by atoms with E-state index in [2.05, 4.69) is 14.5 Å². The first kappa shape index (κ1) is 27.9.